The van der Waals surface area contributed by atoms with Gasteiger partial charge in [0, 0.05) is 6.42 Å². The van der Waals surface area contributed by atoms with Crippen molar-refractivity contribution in [3.63, 3.8) is 0 Å². The molecule has 128 valence electrons. The van der Waals surface area contributed by atoms with Crippen molar-refractivity contribution in [1.29, 1.82) is 0 Å². The fourth-order valence-corrected chi connectivity index (χ4v) is 5.75. The number of ketones is 1. The van der Waals surface area contributed by atoms with Gasteiger partial charge in [-0.1, -0.05) is 49.8 Å². The standard InChI is InChI=1S/C24H26O/c1-15(2)10-17-4-3-5-18-12-19-7-9-23(25)24(22(19)13-21(17)18)14-16-6-8-20(24)11-16/h3-6,12-13,15,20H,7-11,14H2,1-2H3. The molecule has 3 aliphatic carbocycles. The maximum atomic E-state index is 13.1. The summed E-state index contributed by atoms with van der Waals surface area (Å²) < 4.78 is 0. The summed E-state index contributed by atoms with van der Waals surface area (Å²) in [7, 11) is 0. The molecule has 0 amide bonds. The highest BCUT2D eigenvalue weighted by atomic mass is 16.1. The summed E-state index contributed by atoms with van der Waals surface area (Å²) >= 11 is 0. The third kappa shape index (κ3) is 2.11. The van der Waals surface area contributed by atoms with E-state index >= 15 is 0 Å². The Kier molecular flexibility index (Phi) is 3.26. The molecule has 5 rings (SSSR count). The van der Waals surface area contributed by atoms with Crippen molar-refractivity contribution < 1.29 is 4.79 Å². The van der Waals surface area contributed by atoms with Gasteiger partial charge in [0.05, 0.1) is 5.41 Å². The van der Waals surface area contributed by atoms with Gasteiger partial charge in [-0.25, -0.2) is 0 Å². The van der Waals surface area contributed by atoms with Gasteiger partial charge in [-0.15, -0.1) is 0 Å². The highest BCUT2D eigenvalue weighted by Crippen LogP contribution is 2.57. The molecule has 2 aromatic rings. The first-order chi connectivity index (χ1) is 12.1. The fraction of sp³-hybridized carbons (Fsp3) is 0.458. The lowest BCUT2D eigenvalue weighted by atomic mass is 9.61. The first kappa shape index (κ1) is 15.4. The number of hydrogen-bond donors (Lipinski definition) is 0. The fourth-order valence-electron chi connectivity index (χ4n) is 5.75. The van der Waals surface area contributed by atoms with E-state index in [1.54, 1.807) is 0 Å². The van der Waals surface area contributed by atoms with Crippen LogP contribution in [0.2, 0.25) is 0 Å². The van der Waals surface area contributed by atoms with E-state index < -0.39 is 0 Å². The van der Waals surface area contributed by atoms with Gasteiger partial charge in [0.15, 0.2) is 0 Å². The van der Waals surface area contributed by atoms with Crippen molar-refractivity contribution in [1.82, 2.24) is 0 Å². The highest BCUT2D eigenvalue weighted by molar-refractivity contribution is 5.97. The number of carbonyl (C=O) groups excluding carboxylic acids is 1. The Morgan fingerprint density at radius 2 is 2.08 bits per heavy atom. The van der Waals surface area contributed by atoms with Crippen LogP contribution >= 0.6 is 0 Å². The van der Waals surface area contributed by atoms with Crippen molar-refractivity contribution in [3.05, 3.63) is 58.7 Å². The lowest BCUT2D eigenvalue weighted by Gasteiger charge is -2.40. The van der Waals surface area contributed by atoms with Crippen molar-refractivity contribution in [2.45, 2.75) is 57.8 Å². The van der Waals surface area contributed by atoms with Crippen LogP contribution < -0.4 is 0 Å². The molecular weight excluding hydrogens is 304 g/mol. The molecule has 1 saturated carbocycles. The van der Waals surface area contributed by atoms with Crippen LogP contribution in [0.15, 0.2) is 42.0 Å². The van der Waals surface area contributed by atoms with Gasteiger partial charge in [-0.2, -0.15) is 0 Å². The second-order valence-electron chi connectivity index (χ2n) is 8.82. The number of benzene rings is 2. The van der Waals surface area contributed by atoms with E-state index in [9.17, 15) is 4.79 Å². The lowest BCUT2D eigenvalue weighted by molar-refractivity contribution is -0.126. The molecule has 0 radical (unpaired) electrons. The van der Waals surface area contributed by atoms with Gasteiger partial charge in [0.1, 0.15) is 5.78 Å². The van der Waals surface area contributed by atoms with Gasteiger partial charge in [0.2, 0.25) is 0 Å². The number of aryl methyl sites for hydroxylation is 1. The molecule has 0 aromatic heterocycles. The SMILES string of the molecule is CC(C)Cc1cccc2cc3c(cc12)C1(CC2=CCC1C2)C(=O)CC3. The highest BCUT2D eigenvalue weighted by Gasteiger charge is 2.55. The molecule has 1 spiro atoms. The first-order valence-corrected chi connectivity index (χ1v) is 9.84. The lowest BCUT2D eigenvalue weighted by Crippen LogP contribution is -2.43. The minimum Gasteiger partial charge on any atom is -0.299 e. The molecule has 2 aromatic carbocycles. The molecule has 0 heterocycles. The number of rotatable bonds is 2. The predicted octanol–water partition coefficient (Wildman–Crippen LogP) is 5.53. The summed E-state index contributed by atoms with van der Waals surface area (Å²) in [5.74, 6) is 1.67. The summed E-state index contributed by atoms with van der Waals surface area (Å²) in [6, 6.07) is 11.5. The van der Waals surface area contributed by atoms with Crippen LogP contribution in [-0.4, -0.2) is 5.78 Å². The van der Waals surface area contributed by atoms with E-state index in [0.29, 0.717) is 17.6 Å². The second-order valence-corrected chi connectivity index (χ2v) is 8.82. The Bertz CT molecular complexity index is 917. The van der Waals surface area contributed by atoms with E-state index in [1.807, 2.05) is 0 Å². The van der Waals surface area contributed by atoms with Gasteiger partial charge < -0.3 is 0 Å². The van der Waals surface area contributed by atoms with Gasteiger partial charge >= 0.3 is 0 Å². The molecule has 1 nitrogen and oxygen atoms in total. The smallest absolute Gasteiger partial charge is 0.144 e. The number of allylic oxidation sites excluding steroid dienone is 2. The van der Waals surface area contributed by atoms with Gasteiger partial charge in [-0.05, 0) is 77.5 Å². The third-order valence-electron chi connectivity index (χ3n) is 6.82. The van der Waals surface area contributed by atoms with E-state index in [2.05, 4.69) is 50.3 Å². The molecule has 2 bridgehead atoms. The van der Waals surface area contributed by atoms with E-state index in [-0.39, 0.29) is 5.41 Å². The Morgan fingerprint density at radius 3 is 2.80 bits per heavy atom. The number of hydrogen-bond acceptors (Lipinski definition) is 1. The maximum absolute atomic E-state index is 13.1. The van der Waals surface area contributed by atoms with Crippen LogP contribution in [-0.2, 0) is 23.1 Å². The van der Waals surface area contributed by atoms with Crippen molar-refractivity contribution in [3.8, 4) is 0 Å². The second kappa shape index (κ2) is 5.30. The normalized spacial score (nSPS) is 27.4. The Balaban J connectivity index is 1.75. The molecule has 25 heavy (non-hydrogen) atoms. The van der Waals surface area contributed by atoms with Gasteiger partial charge in [0.25, 0.3) is 0 Å². The summed E-state index contributed by atoms with van der Waals surface area (Å²) in [6.45, 7) is 4.56. The van der Waals surface area contributed by atoms with Crippen LogP contribution in [0.1, 0.15) is 56.2 Å². The van der Waals surface area contributed by atoms with Crippen LogP contribution in [0.5, 0.6) is 0 Å². The summed E-state index contributed by atoms with van der Waals surface area (Å²) in [6.07, 6.45) is 8.39. The zero-order valence-corrected chi connectivity index (χ0v) is 15.3. The topological polar surface area (TPSA) is 17.1 Å². The van der Waals surface area contributed by atoms with Crippen molar-refractivity contribution in [2.75, 3.05) is 0 Å². The minimum absolute atomic E-state index is 0.198. The Morgan fingerprint density at radius 1 is 1.20 bits per heavy atom. The average molecular weight is 330 g/mol. The minimum atomic E-state index is -0.198. The molecule has 0 N–H and O–H groups in total. The van der Waals surface area contributed by atoms with Crippen LogP contribution in [0.4, 0.5) is 0 Å². The zero-order valence-electron chi connectivity index (χ0n) is 15.3. The first-order valence-electron chi connectivity index (χ1n) is 9.84. The maximum Gasteiger partial charge on any atom is 0.144 e. The van der Waals surface area contributed by atoms with Crippen LogP contribution in [0, 0.1) is 11.8 Å². The number of carbonyl (C=O) groups is 1. The monoisotopic (exact) mass is 330 g/mol. The third-order valence-corrected chi connectivity index (χ3v) is 6.82. The van der Waals surface area contributed by atoms with Crippen molar-refractivity contribution >= 4 is 16.6 Å². The summed E-state index contributed by atoms with van der Waals surface area (Å²) in [5, 5.41) is 2.73. The molecule has 0 saturated heterocycles. The van der Waals surface area contributed by atoms with Crippen LogP contribution in [0.3, 0.4) is 0 Å². The predicted molar refractivity (Wildman–Crippen MR) is 103 cm³/mol. The molecule has 1 heteroatoms. The largest absolute Gasteiger partial charge is 0.299 e. The Hall–Kier alpha value is -1.89. The summed E-state index contributed by atoms with van der Waals surface area (Å²) in [4.78, 5) is 13.1. The average Bonchev–Trinajstić information content (AvgIpc) is 3.19. The number of fused-ring (bicyclic) bond motifs is 6. The van der Waals surface area contributed by atoms with Gasteiger partial charge in [-0.3, -0.25) is 4.79 Å². The molecule has 2 unspecified atom stereocenters. The Labute approximate surface area is 150 Å². The van der Waals surface area contributed by atoms with Crippen LogP contribution in [0.25, 0.3) is 10.8 Å². The van der Waals surface area contributed by atoms with Crippen molar-refractivity contribution in [2.24, 2.45) is 11.8 Å². The number of Topliss-reactive ketones (excluding diaryl/α,β-unsaturated/α-hetero) is 1. The van der Waals surface area contributed by atoms with E-state index in [0.717, 1.165) is 38.5 Å². The molecule has 3 aliphatic rings. The van der Waals surface area contributed by atoms with E-state index in [4.69, 9.17) is 0 Å². The molecule has 2 atom stereocenters. The molecule has 0 aliphatic heterocycles. The summed E-state index contributed by atoms with van der Waals surface area (Å²) in [5.41, 5.74) is 5.58. The molecule has 1 fully saturated rings. The van der Waals surface area contributed by atoms with E-state index in [1.165, 1.54) is 33.0 Å². The zero-order chi connectivity index (χ0) is 17.2. The molecular formula is C24H26O. The quantitative estimate of drug-likeness (QED) is 0.662.